The maximum atomic E-state index is 12.0. The zero-order chi connectivity index (χ0) is 28.9. The number of hydrogen-bond donors (Lipinski definition) is 2. The molecule has 6 rings (SSSR count). The zero-order valence-corrected chi connectivity index (χ0v) is 24.0. The smallest absolute Gasteiger partial charge is 0.258 e. The highest BCUT2D eigenvalue weighted by Crippen LogP contribution is 2.31. The first-order valence-corrected chi connectivity index (χ1v) is 14.6. The molecule has 0 saturated carbocycles. The highest BCUT2D eigenvalue weighted by atomic mass is 16.5. The van der Waals surface area contributed by atoms with E-state index in [0.29, 0.717) is 37.0 Å². The number of nitrogens with zero attached hydrogens (tertiary/aromatic N) is 4. The van der Waals surface area contributed by atoms with Gasteiger partial charge in [-0.25, -0.2) is 14.6 Å². The number of carbonyl (C=O) groups excluding carboxylic acids is 1. The van der Waals surface area contributed by atoms with Crippen molar-refractivity contribution in [2.75, 3.05) is 25.1 Å². The van der Waals surface area contributed by atoms with Crippen LogP contribution in [-0.2, 0) is 27.3 Å². The minimum absolute atomic E-state index is 0.0189. The Morgan fingerprint density at radius 1 is 1.07 bits per heavy atom. The Morgan fingerprint density at radius 2 is 1.95 bits per heavy atom. The van der Waals surface area contributed by atoms with Crippen LogP contribution in [-0.4, -0.2) is 51.5 Å². The Balaban J connectivity index is 1.20. The van der Waals surface area contributed by atoms with E-state index in [1.165, 1.54) is 0 Å². The minimum atomic E-state index is -0.162. The highest BCUT2D eigenvalue weighted by Gasteiger charge is 2.20. The molecule has 2 aromatic heterocycles. The summed E-state index contributed by atoms with van der Waals surface area (Å²) < 4.78 is 19.3. The van der Waals surface area contributed by atoms with Crippen molar-refractivity contribution in [3.05, 3.63) is 72.2 Å². The van der Waals surface area contributed by atoms with Crippen LogP contribution in [0.2, 0.25) is 0 Å². The van der Waals surface area contributed by atoms with Gasteiger partial charge in [-0.15, -0.1) is 0 Å². The van der Waals surface area contributed by atoms with E-state index in [-0.39, 0.29) is 24.8 Å². The Morgan fingerprint density at radius 3 is 2.76 bits per heavy atom. The number of hydrogen-bond acceptors (Lipinski definition) is 8. The average Bonchev–Trinajstić information content (AvgIpc) is 3.51. The summed E-state index contributed by atoms with van der Waals surface area (Å²) >= 11 is 0. The van der Waals surface area contributed by atoms with Crippen molar-refractivity contribution >= 4 is 17.4 Å². The number of anilines is 2. The standard InChI is InChI=1S/C32H36N6O4/c1-21(2)34-29(39)20-42-26-7-5-6-23(16-26)31-36-28-13-15-40-19-27(28)32(37-31)35-25-11-9-22(10-12-25)24-17-33-38(18-24)30-8-3-4-14-41-30/h5-7,9-12,16-18,21,30H,3-4,8,13-15,19-20H2,1-2H3,(H,34,39)(H,35,36,37). The topological polar surface area (TPSA) is 112 Å². The lowest BCUT2D eigenvalue weighted by molar-refractivity contribution is -0.123. The molecule has 42 heavy (non-hydrogen) atoms. The van der Waals surface area contributed by atoms with Crippen molar-refractivity contribution < 1.29 is 19.0 Å². The molecule has 2 aromatic carbocycles. The van der Waals surface area contributed by atoms with Crippen LogP contribution in [0, 0.1) is 0 Å². The first-order chi connectivity index (χ1) is 20.5. The summed E-state index contributed by atoms with van der Waals surface area (Å²) in [7, 11) is 0. The lowest BCUT2D eigenvalue weighted by atomic mass is 10.1. The SMILES string of the molecule is CC(C)NC(=O)COc1cccc(-c2nc3c(c(Nc4ccc(-c5cnn(C6CCCCO6)c5)cc4)n2)COCC3)c1. The third kappa shape index (κ3) is 6.61. The largest absolute Gasteiger partial charge is 0.484 e. The van der Waals surface area contributed by atoms with Crippen molar-refractivity contribution in [1.29, 1.82) is 0 Å². The van der Waals surface area contributed by atoms with Crippen molar-refractivity contribution in [3.8, 4) is 28.3 Å². The molecule has 0 aliphatic carbocycles. The normalized spacial score (nSPS) is 16.6. The van der Waals surface area contributed by atoms with Gasteiger partial charge >= 0.3 is 0 Å². The summed E-state index contributed by atoms with van der Waals surface area (Å²) in [6.45, 7) is 5.63. The van der Waals surface area contributed by atoms with Crippen molar-refractivity contribution in [1.82, 2.24) is 25.1 Å². The monoisotopic (exact) mass is 568 g/mol. The second-order valence-electron chi connectivity index (χ2n) is 10.9. The molecule has 1 amide bonds. The van der Waals surface area contributed by atoms with Gasteiger partial charge in [-0.2, -0.15) is 5.10 Å². The summed E-state index contributed by atoms with van der Waals surface area (Å²) in [6, 6.07) is 15.8. The van der Waals surface area contributed by atoms with Gasteiger partial charge in [-0.05, 0) is 62.9 Å². The molecule has 1 fully saturated rings. The number of amides is 1. The fraction of sp³-hybridized carbons (Fsp3) is 0.375. The number of benzene rings is 2. The van der Waals surface area contributed by atoms with Gasteiger partial charge in [-0.3, -0.25) is 4.79 Å². The Hall–Kier alpha value is -4.28. The molecule has 0 radical (unpaired) electrons. The van der Waals surface area contributed by atoms with Crippen LogP contribution in [0.25, 0.3) is 22.5 Å². The number of rotatable bonds is 9. The van der Waals surface area contributed by atoms with Crippen LogP contribution < -0.4 is 15.4 Å². The molecular formula is C32H36N6O4. The summed E-state index contributed by atoms with van der Waals surface area (Å²) in [4.78, 5) is 21.8. The minimum Gasteiger partial charge on any atom is -0.484 e. The second-order valence-corrected chi connectivity index (χ2v) is 10.9. The molecule has 2 aliphatic heterocycles. The Bertz CT molecular complexity index is 1530. The molecule has 1 saturated heterocycles. The Labute approximate surface area is 245 Å². The molecule has 4 aromatic rings. The molecule has 2 aliphatic rings. The lowest BCUT2D eigenvalue weighted by Gasteiger charge is -2.22. The van der Waals surface area contributed by atoms with Crippen molar-refractivity contribution in [2.24, 2.45) is 0 Å². The predicted octanol–water partition coefficient (Wildman–Crippen LogP) is 5.43. The molecule has 1 atom stereocenters. The second kappa shape index (κ2) is 12.7. The summed E-state index contributed by atoms with van der Waals surface area (Å²) in [6.07, 6.45) is 7.93. The van der Waals surface area contributed by atoms with E-state index in [2.05, 4.69) is 34.1 Å². The van der Waals surface area contributed by atoms with Crippen LogP contribution in [0.1, 0.15) is 50.6 Å². The molecule has 0 spiro atoms. The number of aromatic nitrogens is 4. The lowest BCUT2D eigenvalue weighted by Crippen LogP contribution is -2.34. The molecule has 2 N–H and O–H groups in total. The van der Waals surface area contributed by atoms with E-state index < -0.39 is 0 Å². The average molecular weight is 569 g/mol. The van der Waals surface area contributed by atoms with Gasteiger partial charge in [0, 0.05) is 47.6 Å². The van der Waals surface area contributed by atoms with Gasteiger partial charge in [-0.1, -0.05) is 24.3 Å². The highest BCUT2D eigenvalue weighted by molar-refractivity contribution is 5.77. The molecule has 10 heteroatoms. The fourth-order valence-corrected chi connectivity index (χ4v) is 5.16. The van der Waals surface area contributed by atoms with Crippen LogP contribution in [0.3, 0.4) is 0 Å². The quantitative estimate of drug-likeness (QED) is 0.275. The van der Waals surface area contributed by atoms with Crippen molar-refractivity contribution in [3.63, 3.8) is 0 Å². The zero-order valence-electron chi connectivity index (χ0n) is 24.0. The fourth-order valence-electron chi connectivity index (χ4n) is 5.16. The van der Waals surface area contributed by atoms with E-state index in [9.17, 15) is 4.79 Å². The van der Waals surface area contributed by atoms with Crippen LogP contribution in [0.15, 0.2) is 60.9 Å². The van der Waals surface area contributed by atoms with Crippen LogP contribution in [0.5, 0.6) is 5.75 Å². The molecule has 218 valence electrons. The Kier molecular flexibility index (Phi) is 8.43. The predicted molar refractivity (Wildman–Crippen MR) is 159 cm³/mol. The van der Waals surface area contributed by atoms with E-state index >= 15 is 0 Å². The number of fused-ring (bicyclic) bond motifs is 1. The van der Waals surface area contributed by atoms with Gasteiger partial charge < -0.3 is 24.8 Å². The molecule has 10 nitrogen and oxygen atoms in total. The van der Waals surface area contributed by atoms with Crippen LogP contribution in [0.4, 0.5) is 11.5 Å². The number of nitrogens with one attached hydrogen (secondary N) is 2. The molecule has 1 unspecified atom stereocenters. The van der Waals surface area contributed by atoms with E-state index in [0.717, 1.165) is 59.5 Å². The van der Waals surface area contributed by atoms with Gasteiger partial charge in [0.05, 0.1) is 25.1 Å². The third-order valence-corrected chi connectivity index (χ3v) is 7.27. The van der Waals surface area contributed by atoms with E-state index in [1.54, 1.807) is 0 Å². The maximum Gasteiger partial charge on any atom is 0.258 e. The van der Waals surface area contributed by atoms with E-state index in [1.807, 2.05) is 61.1 Å². The molecule has 0 bridgehead atoms. The summed E-state index contributed by atoms with van der Waals surface area (Å²) in [5.74, 6) is 1.72. The maximum absolute atomic E-state index is 12.0. The van der Waals surface area contributed by atoms with E-state index in [4.69, 9.17) is 24.2 Å². The first kappa shape index (κ1) is 27.9. The van der Waals surface area contributed by atoms with Gasteiger partial charge in [0.15, 0.2) is 12.4 Å². The first-order valence-electron chi connectivity index (χ1n) is 14.6. The third-order valence-electron chi connectivity index (χ3n) is 7.27. The molecule has 4 heterocycles. The number of carbonyl (C=O) groups is 1. The van der Waals surface area contributed by atoms with Crippen molar-refractivity contribution in [2.45, 2.75) is 58.4 Å². The van der Waals surface area contributed by atoms with Gasteiger partial charge in [0.25, 0.3) is 5.91 Å². The van der Waals surface area contributed by atoms with Gasteiger partial charge in [0.1, 0.15) is 17.8 Å². The summed E-state index contributed by atoms with van der Waals surface area (Å²) in [5, 5.41) is 10.9. The molecular weight excluding hydrogens is 532 g/mol. The summed E-state index contributed by atoms with van der Waals surface area (Å²) in [5.41, 5.74) is 5.77. The van der Waals surface area contributed by atoms with Gasteiger partial charge in [0.2, 0.25) is 0 Å². The number of ether oxygens (including phenoxy) is 3. The van der Waals surface area contributed by atoms with Crippen LogP contribution >= 0.6 is 0 Å².